The standard InChI is InChI=1S/C25H26N4O3S/c1-3-4-8-23-28-29-25(33-23)27-24(30)20(17-26)15-19-6-5-7-22(16-19)32-14-13-31-21-11-9-18(2)10-12-21/h5-7,9-12,15-16H,3-4,8,13-14H2,1-2H3,(H,27,29,30)/b20-15-. The van der Waals surface area contributed by atoms with Crippen LogP contribution in [0.15, 0.2) is 54.1 Å². The van der Waals surface area contributed by atoms with E-state index in [0.717, 1.165) is 30.0 Å². The summed E-state index contributed by atoms with van der Waals surface area (Å²) in [5, 5.41) is 21.4. The summed E-state index contributed by atoms with van der Waals surface area (Å²) in [4.78, 5) is 12.5. The lowest BCUT2D eigenvalue weighted by Crippen LogP contribution is -2.13. The minimum absolute atomic E-state index is 0.0276. The number of benzene rings is 2. The highest BCUT2D eigenvalue weighted by Gasteiger charge is 2.13. The smallest absolute Gasteiger partial charge is 0.268 e. The lowest BCUT2D eigenvalue weighted by molar-refractivity contribution is -0.112. The second kappa shape index (κ2) is 12.4. The van der Waals surface area contributed by atoms with Crippen LogP contribution in [0.2, 0.25) is 0 Å². The number of rotatable bonds is 11. The van der Waals surface area contributed by atoms with Crippen molar-refractivity contribution in [3.8, 4) is 17.6 Å². The molecule has 0 saturated carbocycles. The van der Waals surface area contributed by atoms with Crippen LogP contribution in [0.3, 0.4) is 0 Å². The molecule has 0 unspecified atom stereocenters. The number of ether oxygens (including phenoxy) is 2. The summed E-state index contributed by atoms with van der Waals surface area (Å²) in [5.74, 6) is 0.894. The van der Waals surface area contributed by atoms with Crippen LogP contribution in [0.5, 0.6) is 11.5 Å². The van der Waals surface area contributed by atoms with Crippen LogP contribution < -0.4 is 14.8 Å². The van der Waals surface area contributed by atoms with Crippen molar-refractivity contribution >= 4 is 28.5 Å². The number of nitrogens with zero attached hydrogens (tertiary/aromatic N) is 3. The highest BCUT2D eigenvalue weighted by atomic mass is 32.1. The third-order valence-electron chi connectivity index (χ3n) is 4.61. The molecule has 0 spiro atoms. The molecule has 0 radical (unpaired) electrons. The summed E-state index contributed by atoms with van der Waals surface area (Å²) >= 11 is 1.33. The maximum Gasteiger partial charge on any atom is 0.268 e. The van der Waals surface area contributed by atoms with Crippen LogP contribution >= 0.6 is 11.3 Å². The molecule has 0 saturated heterocycles. The average molecular weight is 463 g/mol. The van der Waals surface area contributed by atoms with Gasteiger partial charge in [0.25, 0.3) is 5.91 Å². The Morgan fingerprint density at radius 2 is 1.88 bits per heavy atom. The highest BCUT2D eigenvalue weighted by Crippen LogP contribution is 2.20. The average Bonchev–Trinajstić information content (AvgIpc) is 3.27. The minimum atomic E-state index is -0.520. The van der Waals surface area contributed by atoms with E-state index >= 15 is 0 Å². The van der Waals surface area contributed by atoms with E-state index in [1.54, 1.807) is 18.2 Å². The number of unbranched alkanes of at least 4 members (excludes halogenated alkanes) is 1. The second-order valence-corrected chi connectivity index (χ2v) is 8.37. The number of hydrogen-bond acceptors (Lipinski definition) is 7. The molecule has 170 valence electrons. The van der Waals surface area contributed by atoms with Gasteiger partial charge in [-0.15, -0.1) is 10.2 Å². The summed E-state index contributed by atoms with van der Waals surface area (Å²) in [6.07, 6.45) is 4.42. The Labute approximate surface area is 197 Å². The van der Waals surface area contributed by atoms with Gasteiger partial charge in [0, 0.05) is 6.42 Å². The third kappa shape index (κ3) is 7.74. The zero-order chi connectivity index (χ0) is 23.5. The van der Waals surface area contributed by atoms with Crippen LogP contribution in [0.25, 0.3) is 6.08 Å². The zero-order valence-corrected chi connectivity index (χ0v) is 19.5. The molecule has 0 aliphatic heterocycles. The Balaban J connectivity index is 1.55. The van der Waals surface area contributed by atoms with Gasteiger partial charge in [-0.25, -0.2) is 0 Å². The summed E-state index contributed by atoms with van der Waals surface area (Å²) in [7, 11) is 0. The first-order valence-electron chi connectivity index (χ1n) is 10.7. The molecule has 7 nitrogen and oxygen atoms in total. The number of nitriles is 1. The van der Waals surface area contributed by atoms with E-state index in [0.29, 0.717) is 29.7 Å². The van der Waals surface area contributed by atoms with Crippen molar-refractivity contribution in [3.05, 3.63) is 70.2 Å². The Hall–Kier alpha value is -3.70. The van der Waals surface area contributed by atoms with Crippen LogP contribution in [0.4, 0.5) is 5.13 Å². The number of aromatic nitrogens is 2. The van der Waals surface area contributed by atoms with Gasteiger partial charge in [-0.2, -0.15) is 5.26 Å². The monoisotopic (exact) mass is 462 g/mol. The van der Waals surface area contributed by atoms with Crippen molar-refractivity contribution in [1.29, 1.82) is 5.26 Å². The number of aryl methyl sites for hydroxylation is 2. The molecule has 0 aliphatic carbocycles. The zero-order valence-electron chi connectivity index (χ0n) is 18.7. The van der Waals surface area contributed by atoms with Crippen molar-refractivity contribution in [2.45, 2.75) is 33.1 Å². The van der Waals surface area contributed by atoms with Gasteiger partial charge >= 0.3 is 0 Å². The molecule has 0 aliphatic rings. The predicted octanol–water partition coefficient (Wildman–Crippen LogP) is 5.19. The van der Waals surface area contributed by atoms with Crippen LogP contribution in [-0.4, -0.2) is 29.3 Å². The number of hydrogen-bond donors (Lipinski definition) is 1. The summed E-state index contributed by atoms with van der Waals surface area (Å²) in [6.45, 7) is 4.89. The van der Waals surface area contributed by atoms with E-state index in [2.05, 4.69) is 22.4 Å². The molecule has 0 atom stereocenters. The SMILES string of the molecule is CCCCc1nnc(NC(=O)/C(C#N)=C\c2cccc(OCCOc3ccc(C)cc3)c2)s1. The fraction of sp³-hybridized carbons (Fsp3) is 0.280. The summed E-state index contributed by atoms with van der Waals surface area (Å²) in [5.41, 5.74) is 1.83. The van der Waals surface area contributed by atoms with Crippen LogP contribution in [-0.2, 0) is 11.2 Å². The summed E-state index contributed by atoms with van der Waals surface area (Å²) < 4.78 is 11.4. The maximum atomic E-state index is 12.5. The minimum Gasteiger partial charge on any atom is -0.490 e. The lowest BCUT2D eigenvalue weighted by Gasteiger charge is -2.09. The molecule has 33 heavy (non-hydrogen) atoms. The van der Waals surface area contributed by atoms with E-state index < -0.39 is 5.91 Å². The number of amides is 1. The fourth-order valence-electron chi connectivity index (χ4n) is 2.86. The molecule has 3 rings (SSSR count). The van der Waals surface area contributed by atoms with Gasteiger partial charge in [-0.3, -0.25) is 10.1 Å². The maximum absolute atomic E-state index is 12.5. The largest absolute Gasteiger partial charge is 0.490 e. The molecule has 1 heterocycles. The van der Waals surface area contributed by atoms with E-state index in [-0.39, 0.29) is 5.57 Å². The fourth-order valence-corrected chi connectivity index (χ4v) is 3.64. The van der Waals surface area contributed by atoms with Gasteiger partial charge in [0.15, 0.2) is 0 Å². The first-order chi connectivity index (χ1) is 16.1. The Kier molecular flexibility index (Phi) is 8.98. The highest BCUT2D eigenvalue weighted by molar-refractivity contribution is 7.15. The first-order valence-corrected chi connectivity index (χ1v) is 11.6. The number of carbonyl (C=O) groups excluding carboxylic acids is 1. The van der Waals surface area contributed by atoms with Gasteiger partial charge < -0.3 is 9.47 Å². The van der Waals surface area contributed by atoms with Crippen molar-refractivity contribution in [3.63, 3.8) is 0 Å². The lowest BCUT2D eigenvalue weighted by atomic mass is 10.1. The van der Waals surface area contributed by atoms with Gasteiger partial charge in [0.1, 0.15) is 41.4 Å². The van der Waals surface area contributed by atoms with Gasteiger partial charge in [-0.1, -0.05) is 54.5 Å². The molecule has 0 fully saturated rings. The molecular weight excluding hydrogens is 436 g/mol. The van der Waals surface area contributed by atoms with Crippen LogP contribution in [0, 0.1) is 18.3 Å². The van der Waals surface area contributed by atoms with E-state index in [4.69, 9.17) is 9.47 Å². The molecule has 8 heteroatoms. The van der Waals surface area contributed by atoms with Crippen molar-refractivity contribution < 1.29 is 14.3 Å². The van der Waals surface area contributed by atoms with Gasteiger partial charge in [0.05, 0.1) is 0 Å². The van der Waals surface area contributed by atoms with Crippen LogP contribution in [0.1, 0.15) is 35.9 Å². The Morgan fingerprint density at radius 3 is 2.61 bits per heavy atom. The first kappa shape index (κ1) is 24.0. The van der Waals surface area contributed by atoms with Crippen molar-refractivity contribution in [2.24, 2.45) is 0 Å². The second-order valence-electron chi connectivity index (χ2n) is 7.31. The molecule has 3 aromatic rings. The number of carbonyl (C=O) groups is 1. The topological polar surface area (TPSA) is 97.1 Å². The quantitative estimate of drug-likeness (QED) is 0.239. The van der Waals surface area contributed by atoms with Gasteiger partial charge in [0.2, 0.25) is 5.13 Å². The Morgan fingerprint density at radius 1 is 1.12 bits per heavy atom. The summed E-state index contributed by atoms with van der Waals surface area (Å²) in [6, 6.07) is 17.0. The number of nitrogens with one attached hydrogen (secondary N) is 1. The van der Waals surface area contributed by atoms with Crippen molar-refractivity contribution in [2.75, 3.05) is 18.5 Å². The molecule has 0 bridgehead atoms. The van der Waals surface area contributed by atoms with E-state index in [9.17, 15) is 10.1 Å². The third-order valence-corrected chi connectivity index (χ3v) is 5.51. The molecule has 1 N–H and O–H groups in total. The van der Waals surface area contributed by atoms with E-state index in [1.807, 2.05) is 43.3 Å². The van der Waals surface area contributed by atoms with Gasteiger partial charge in [-0.05, 0) is 49.2 Å². The molecule has 1 amide bonds. The predicted molar refractivity (Wildman–Crippen MR) is 129 cm³/mol. The Bertz CT molecular complexity index is 1130. The van der Waals surface area contributed by atoms with E-state index in [1.165, 1.54) is 23.0 Å². The molecule has 2 aromatic carbocycles. The molecular formula is C25H26N4O3S. The number of anilines is 1. The molecule has 1 aromatic heterocycles. The normalized spacial score (nSPS) is 11.0. The van der Waals surface area contributed by atoms with Crippen molar-refractivity contribution in [1.82, 2.24) is 10.2 Å².